The van der Waals surface area contributed by atoms with Gasteiger partial charge in [-0.1, -0.05) is 32.0 Å². The van der Waals surface area contributed by atoms with Gasteiger partial charge in [0.2, 0.25) is 11.8 Å². The molecule has 1 saturated heterocycles. The molecule has 2 rings (SSSR count). The zero-order valence-electron chi connectivity index (χ0n) is 19.6. The maximum Gasteiger partial charge on any atom is 0.258 e. The van der Waals surface area contributed by atoms with Crippen LogP contribution in [0, 0.1) is 11.8 Å². The van der Waals surface area contributed by atoms with Crippen molar-refractivity contribution in [3.63, 3.8) is 0 Å². The number of benzene rings is 1. The third kappa shape index (κ3) is 8.37. The smallest absolute Gasteiger partial charge is 0.258 e. The highest BCUT2D eigenvalue weighted by molar-refractivity contribution is 7.98. The second kappa shape index (κ2) is 13.4. The number of piperidine rings is 1. The predicted molar refractivity (Wildman–Crippen MR) is 129 cm³/mol. The summed E-state index contributed by atoms with van der Waals surface area (Å²) in [7, 11) is 0. The van der Waals surface area contributed by atoms with E-state index in [4.69, 9.17) is 4.74 Å². The summed E-state index contributed by atoms with van der Waals surface area (Å²) in [6.45, 7) is 7.10. The number of amides is 3. The molecule has 0 bridgehead atoms. The van der Waals surface area contributed by atoms with E-state index < -0.39 is 6.04 Å². The van der Waals surface area contributed by atoms with Crippen LogP contribution in [0.15, 0.2) is 30.3 Å². The molecule has 0 aromatic heterocycles. The van der Waals surface area contributed by atoms with E-state index >= 15 is 0 Å². The minimum atomic E-state index is -0.583. The first kappa shape index (κ1) is 26.0. The number of para-hydroxylation sites is 1. The van der Waals surface area contributed by atoms with Gasteiger partial charge in [0.25, 0.3) is 5.91 Å². The molecular weight excluding hydrogens is 426 g/mol. The lowest BCUT2D eigenvalue weighted by molar-refractivity contribution is -0.139. The normalized spacial score (nSPS) is 16.3. The number of hydrogen-bond donors (Lipinski definition) is 2. The van der Waals surface area contributed by atoms with Gasteiger partial charge >= 0.3 is 0 Å². The Morgan fingerprint density at radius 2 is 1.75 bits per heavy atom. The van der Waals surface area contributed by atoms with Gasteiger partial charge in [0.1, 0.15) is 11.8 Å². The molecule has 1 aliphatic heterocycles. The Morgan fingerprint density at radius 3 is 2.34 bits per heavy atom. The second-order valence-corrected chi connectivity index (χ2v) is 9.63. The van der Waals surface area contributed by atoms with Crippen LogP contribution in [0.4, 0.5) is 0 Å². The molecule has 0 spiro atoms. The van der Waals surface area contributed by atoms with E-state index in [9.17, 15) is 14.4 Å². The Hall–Kier alpha value is -2.22. The zero-order chi connectivity index (χ0) is 23.5. The van der Waals surface area contributed by atoms with Gasteiger partial charge in [-0.3, -0.25) is 14.4 Å². The highest BCUT2D eigenvalue weighted by atomic mass is 32.2. The molecule has 1 aromatic rings. The number of hydrogen-bond acceptors (Lipinski definition) is 5. The van der Waals surface area contributed by atoms with Crippen molar-refractivity contribution < 1.29 is 19.1 Å². The number of likely N-dealkylation sites (tertiary alicyclic amines) is 1. The number of nitrogens with zero attached hydrogens (tertiary/aromatic N) is 1. The Morgan fingerprint density at radius 1 is 1.09 bits per heavy atom. The number of carbonyl (C=O) groups excluding carboxylic acids is 3. The van der Waals surface area contributed by atoms with Crippen LogP contribution in [-0.4, -0.2) is 66.4 Å². The molecule has 2 atom stereocenters. The van der Waals surface area contributed by atoms with Gasteiger partial charge in [0.05, 0.1) is 0 Å². The molecule has 1 fully saturated rings. The molecule has 0 saturated carbocycles. The van der Waals surface area contributed by atoms with Crippen LogP contribution in [0.3, 0.4) is 0 Å². The number of ether oxygens (including phenoxy) is 1. The van der Waals surface area contributed by atoms with Crippen LogP contribution >= 0.6 is 11.8 Å². The fourth-order valence-corrected chi connectivity index (χ4v) is 3.96. The fraction of sp³-hybridized carbons (Fsp3) is 0.625. The Bertz CT molecular complexity index is 736. The number of rotatable bonds is 11. The molecule has 3 amide bonds. The highest BCUT2D eigenvalue weighted by Crippen LogP contribution is 2.19. The van der Waals surface area contributed by atoms with Gasteiger partial charge in [0, 0.05) is 25.0 Å². The average molecular weight is 464 g/mol. The van der Waals surface area contributed by atoms with Crippen LogP contribution in [0.25, 0.3) is 0 Å². The van der Waals surface area contributed by atoms with Gasteiger partial charge in [0.15, 0.2) is 6.61 Å². The maximum absolute atomic E-state index is 13.1. The van der Waals surface area contributed by atoms with E-state index in [1.165, 1.54) is 0 Å². The summed E-state index contributed by atoms with van der Waals surface area (Å²) in [6, 6.07) is 8.67. The molecule has 1 heterocycles. The van der Waals surface area contributed by atoms with Crippen LogP contribution < -0.4 is 15.4 Å². The molecule has 2 unspecified atom stereocenters. The zero-order valence-corrected chi connectivity index (χ0v) is 20.5. The summed E-state index contributed by atoms with van der Waals surface area (Å²) >= 11 is 1.64. The number of carbonyl (C=O) groups is 3. The van der Waals surface area contributed by atoms with Crippen molar-refractivity contribution in [3.8, 4) is 5.75 Å². The Kier molecular flexibility index (Phi) is 10.9. The monoisotopic (exact) mass is 463 g/mol. The summed E-state index contributed by atoms with van der Waals surface area (Å²) in [5.74, 6) is 1.37. The summed E-state index contributed by atoms with van der Waals surface area (Å²) < 4.78 is 5.50. The van der Waals surface area contributed by atoms with Crippen LogP contribution in [0.5, 0.6) is 5.75 Å². The summed E-state index contributed by atoms with van der Waals surface area (Å²) in [5.41, 5.74) is 0. The van der Waals surface area contributed by atoms with E-state index in [0.29, 0.717) is 44.0 Å². The first-order valence-corrected chi connectivity index (χ1v) is 12.8. The van der Waals surface area contributed by atoms with Gasteiger partial charge in [-0.15, -0.1) is 0 Å². The summed E-state index contributed by atoms with van der Waals surface area (Å²) in [4.78, 5) is 39.8. The largest absolute Gasteiger partial charge is 0.484 e. The SMILES string of the molecule is CSCCC(NC(=O)COc1ccccc1)C(=O)N1CCC(C(=O)NC(C)C(C)C)CC1. The molecule has 2 N–H and O–H groups in total. The van der Waals surface area contributed by atoms with Crippen LogP contribution in [-0.2, 0) is 14.4 Å². The Balaban J connectivity index is 1.86. The van der Waals surface area contributed by atoms with Crippen molar-refractivity contribution >= 4 is 29.5 Å². The highest BCUT2D eigenvalue weighted by Gasteiger charge is 2.32. The van der Waals surface area contributed by atoms with Crippen molar-refractivity contribution in [2.24, 2.45) is 11.8 Å². The number of thioether (sulfide) groups is 1. The standard InChI is InChI=1S/C24H37N3O4S/c1-17(2)18(3)25-23(29)19-10-13-27(14-11-19)24(30)21(12-15-32-4)26-22(28)16-31-20-8-6-5-7-9-20/h5-9,17-19,21H,10-16H2,1-4H3,(H,25,29)(H,26,28). The lowest BCUT2D eigenvalue weighted by Crippen LogP contribution is -2.53. The first-order valence-electron chi connectivity index (χ1n) is 11.4. The average Bonchev–Trinajstić information content (AvgIpc) is 2.80. The Labute approximate surface area is 196 Å². The lowest BCUT2D eigenvalue weighted by Gasteiger charge is -2.34. The molecule has 0 radical (unpaired) electrons. The molecule has 8 heteroatoms. The quantitative estimate of drug-likeness (QED) is 0.527. The van der Waals surface area contributed by atoms with Crippen molar-refractivity contribution in [2.45, 2.75) is 52.1 Å². The van der Waals surface area contributed by atoms with E-state index in [2.05, 4.69) is 24.5 Å². The van der Waals surface area contributed by atoms with Crippen LogP contribution in [0.2, 0.25) is 0 Å². The summed E-state index contributed by atoms with van der Waals surface area (Å²) in [6.07, 6.45) is 3.82. The van der Waals surface area contributed by atoms with Crippen LogP contribution in [0.1, 0.15) is 40.0 Å². The van der Waals surface area contributed by atoms with Crippen molar-refractivity contribution in [2.75, 3.05) is 31.7 Å². The predicted octanol–water partition coefficient (Wildman–Crippen LogP) is 2.70. The van der Waals surface area contributed by atoms with Gasteiger partial charge in [-0.25, -0.2) is 0 Å². The molecule has 0 aliphatic carbocycles. The third-order valence-corrected chi connectivity index (χ3v) is 6.55. The summed E-state index contributed by atoms with van der Waals surface area (Å²) in [5, 5.41) is 5.93. The second-order valence-electron chi connectivity index (χ2n) is 8.64. The van der Waals surface area contributed by atoms with Crippen molar-refractivity contribution in [1.82, 2.24) is 15.5 Å². The number of nitrogens with one attached hydrogen (secondary N) is 2. The molecule has 32 heavy (non-hydrogen) atoms. The van der Waals surface area contributed by atoms with Gasteiger partial charge < -0.3 is 20.3 Å². The molecule has 7 nitrogen and oxygen atoms in total. The molecule has 1 aliphatic rings. The lowest BCUT2D eigenvalue weighted by atomic mass is 9.94. The minimum absolute atomic E-state index is 0.0706. The van der Waals surface area contributed by atoms with Crippen molar-refractivity contribution in [1.29, 1.82) is 0 Å². The first-order chi connectivity index (χ1) is 15.3. The molecule has 178 valence electrons. The maximum atomic E-state index is 13.1. The van der Waals surface area contributed by atoms with E-state index in [0.717, 1.165) is 5.75 Å². The fourth-order valence-electron chi connectivity index (χ4n) is 3.49. The van der Waals surface area contributed by atoms with E-state index in [1.54, 1.807) is 28.8 Å². The van der Waals surface area contributed by atoms with E-state index in [-0.39, 0.29) is 36.3 Å². The topological polar surface area (TPSA) is 87.7 Å². The van der Waals surface area contributed by atoms with Gasteiger partial charge in [-0.05, 0) is 56.2 Å². The minimum Gasteiger partial charge on any atom is -0.484 e. The molecular formula is C24H37N3O4S. The van der Waals surface area contributed by atoms with E-state index in [1.807, 2.05) is 31.4 Å². The molecule has 1 aromatic carbocycles. The van der Waals surface area contributed by atoms with Gasteiger partial charge in [-0.2, -0.15) is 11.8 Å². The third-order valence-electron chi connectivity index (χ3n) is 5.90. The van der Waals surface area contributed by atoms with Crippen molar-refractivity contribution in [3.05, 3.63) is 30.3 Å².